The number of aromatic nitrogens is 4. The summed E-state index contributed by atoms with van der Waals surface area (Å²) in [5.74, 6) is -0.987. The number of rotatable bonds is 8. The van der Waals surface area contributed by atoms with Crippen LogP contribution in [0.15, 0.2) is 42.7 Å². The van der Waals surface area contributed by atoms with Gasteiger partial charge in [-0.3, -0.25) is 14.9 Å². The van der Waals surface area contributed by atoms with Crippen LogP contribution in [0.5, 0.6) is 5.75 Å². The summed E-state index contributed by atoms with van der Waals surface area (Å²) in [4.78, 5) is 51.1. The predicted molar refractivity (Wildman–Crippen MR) is 129 cm³/mol. The van der Waals surface area contributed by atoms with Gasteiger partial charge < -0.3 is 24.8 Å². The van der Waals surface area contributed by atoms with Crippen LogP contribution >= 0.6 is 0 Å². The molecule has 4 N–H and O–H groups in total. The second-order valence-electron chi connectivity index (χ2n) is 7.71. The van der Waals surface area contributed by atoms with Crippen LogP contribution in [0.1, 0.15) is 39.0 Å². The van der Waals surface area contributed by atoms with E-state index < -0.39 is 17.8 Å². The molecule has 0 aliphatic carbocycles. The number of anilines is 2. The molecule has 0 saturated carbocycles. The van der Waals surface area contributed by atoms with Gasteiger partial charge in [-0.15, -0.1) is 0 Å². The Morgan fingerprint density at radius 3 is 2.63 bits per heavy atom. The van der Waals surface area contributed by atoms with Crippen molar-refractivity contribution in [1.82, 2.24) is 19.9 Å². The summed E-state index contributed by atoms with van der Waals surface area (Å²) < 4.78 is 10.2. The van der Waals surface area contributed by atoms with Crippen molar-refractivity contribution in [2.75, 3.05) is 23.8 Å². The maximum atomic E-state index is 12.8. The summed E-state index contributed by atoms with van der Waals surface area (Å²) in [6.07, 6.45) is 1.28. The van der Waals surface area contributed by atoms with Crippen LogP contribution in [-0.2, 0) is 9.53 Å². The molecule has 0 saturated heterocycles. The van der Waals surface area contributed by atoms with Crippen molar-refractivity contribution in [3.8, 4) is 5.75 Å². The van der Waals surface area contributed by atoms with E-state index in [-0.39, 0.29) is 30.5 Å². The monoisotopic (exact) mass is 476 g/mol. The van der Waals surface area contributed by atoms with Crippen molar-refractivity contribution < 1.29 is 23.9 Å². The molecule has 0 fully saturated rings. The molecule has 11 nitrogen and oxygen atoms in total. The first-order chi connectivity index (χ1) is 16.8. The first kappa shape index (κ1) is 23.5. The van der Waals surface area contributed by atoms with Gasteiger partial charge >= 0.3 is 5.97 Å². The first-order valence-corrected chi connectivity index (χ1v) is 10.9. The van der Waals surface area contributed by atoms with E-state index >= 15 is 0 Å². The number of ether oxygens (including phenoxy) is 2. The normalized spacial score (nSPS) is 10.7. The third-order valence-corrected chi connectivity index (χ3v) is 5.06. The number of benzene rings is 2. The van der Waals surface area contributed by atoms with Gasteiger partial charge in [-0.2, -0.15) is 0 Å². The number of hydrogen-bond donors (Lipinski definition) is 4. The third kappa shape index (κ3) is 5.46. The summed E-state index contributed by atoms with van der Waals surface area (Å²) >= 11 is 0. The molecule has 35 heavy (non-hydrogen) atoms. The summed E-state index contributed by atoms with van der Waals surface area (Å²) in [6, 6.07) is 10.6. The Balaban J connectivity index is 1.45. The maximum Gasteiger partial charge on any atom is 0.344 e. The fourth-order valence-electron chi connectivity index (χ4n) is 3.42. The first-order valence-electron chi connectivity index (χ1n) is 10.9. The zero-order valence-electron chi connectivity index (χ0n) is 19.4. The third-order valence-electron chi connectivity index (χ3n) is 5.06. The molecular weight excluding hydrogens is 452 g/mol. The zero-order valence-corrected chi connectivity index (χ0v) is 19.4. The molecule has 2 heterocycles. The average molecular weight is 476 g/mol. The molecule has 2 aromatic carbocycles. The van der Waals surface area contributed by atoms with Crippen molar-refractivity contribution in [1.29, 1.82) is 0 Å². The second kappa shape index (κ2) is 10.1. The smallest absolute Gasteiger partial charge is 0.344 e. The summed E-state index contributed by atoms with van der Waals surface area (Å²) in [6.45, 7) is 5.61. The molecule has 0 aliphatic rings. The Bertz CT molecular complexity index is 1410. The lowest BCUT2D eigenvalue weighted by molar-refractivity contribution is -0.145. The van der Waals surface area contributed by atoms with Gasteiger partial charge in [0.1, 0.15) is 11.4 Å². The fourth-order valence-corrected chi connectivity index (χ4v) is 3.42. The minimum Gasteiger partial charge on any atom is -0.482 e. The van der Waals surface area contributed by atoms with Gasteiger partial charge in [0.2, 0.25) is 5.95 Å². The lowest BCUT2D eigenvalue weighted by Crippen LogP contribution is -2.21. The van der Waals surface area contributed by atoms with E-state index in [1.165, 1.54) is 6.33 Å². The molecule has 0 aliphatic heterocycles. The minimum absolute atomic E-state index is 0.00817. The Hall–Kier alpha value is -4.67. The van der Waals surface area contributed by atoms with Gasteiger partial charge in [-0.05, 0) is 44.5 Å². The molecule has 0 atom stereocenters. The Morgan fingerprint density at radius 1 is 1.03 bits per heavy atom. The van der Waals surface area contributed by atoms with Crippen LogP contribution < -0.4 is 15.4 Å². The van der Waals surface area contributed by atoms with Crippen LogP contribution in [0.25, 0.3) is 11.0 Å². The number of carbonyl (C=O) groups is 3. The van der Waals surface area contributed by atoms with Crippen LogP contribution in [0.2, 0.25) is 0 Å². The number of amides is 2. The second-order valence-corrected chi connectivity index (χ2v) is 7.71. The van der Waals surface area contributed by atoms with Crippen LogP contribution in [0, 0.1) is 13.8 Å². The van der Waals surface area contributed by atoms with Crippen LogP contribution in [0.3, 0.4) is 0 Å². The maximum absolute atomic E-state index is 12.8. The molecule has 11 heteroatoms. The highest BCUT2D eigenvalue weighted by atomic mass is 16.6. The van der Waals surface area contributed by atoms with Gasteiger partial charge in [0.15, 0.2) is 12.3 Å². The van der Waals surface area contributed by atoms with Crippen LogP contribution in [-0.4, -0.2) is 50.9 Å². The van der Waals surface area contributed by atoms with Gasteiger partial charge in [0.05, 0.1) is 24.0 Å². The number of aryl methyl sites for hydroxylation is 2. The molecule has 0 spiro atoms. The van der Waals surface area contributed by atoms with Crippen molar-refractivity contribution in [2.24, 2.45) is 0 Å². The van der Waals surface area contributed by atoms with E-state index in [4.69, 9.17) is 9.47 Å². The number of nitrogens with one attached hydrogen (secondary N) is 4. The van der Waals surface area contributed by atoms with E-state index in [2.05, 4.69) is 30.6 Å². The van der Waals surface area contributed by atoms with Gasteiger partial charge in [-0.1, -0.05) is 17.7 Å². The van der Waals surface area contributed by atoms with E-state index in [0.29, 0.717) is 22.5 Å². The Labute approximate surface area is 200 Å². The Kier molecular flexibility index (Phi) is 6.76. The molecule has 0 bridgehead atoms. The van der Waals surface area contributed by atoms with Gasteiger partial charge in [-0.25, -0.2) is 14.8 Å². The lowest BCUT2D eigenvalue weighted by Gasteiger charge is -2.09. The summed E-state index contributed by atoms with van der Waals surface area (Å²) in [5, 5.41) is 5.41. The number of H-pyrrole nitrogens is 2. The number of hydrogen-bond acceptors (Lipinski definition) is 7. The molecular formula is C24H24N6O5. The SMILES string of the molecule is CCOC(=O)COc1ccc2[nH]c(NC(=O)c3[nH]cnc3C(=O)Nc3ccc(C)cc3C)nc2c1. The van der Waals surface area contributed by atoms with Crippen molar-refractivity contribution in [3.63, 3.8) is 0 Å². The average Bonchev–Trinajstić information content (AvgIpc) is 3.46. The molecule has 180 valence electrons. The van der Waals surface area contributed by atoms with Gasteiger partial charge in [0, 0.05) is 11.8 Å². The molecule has 2 amide bonds. The number of esters is 1. The predicted octanol–water partition coefficient (Wildman–Crippen LogP) is 3.35. The number of fused-ring (bicyclic) bond motifs is 1. The van der Waals surface area contributed by atoms with Crippen molar-refractivity contribution in [3.05, 3.63) is 65.2 Å². The van der Waals surface area contributed by atoms with Crippen molar-refractivity contribution in [2.45, 2.75) is 20.8 Å². The fraction of sp³-hybridized carbons (Fsp3) is 0.208. The zero-order chi connectivity index (χ0) is 24.9. The van der Waals surface area contributed by atoms with Crippen molar-refractivity contribution >= 4 is 40.5 Å². The number of nitrogens with zero attached hydrogens (tertiary/aromatic N) is 2. The molecule has 0 radical (unpaired) electrons. The molecule has 2 aromatic heterocycles. The topological polar surface area (TPSA) is 151 Å². The quantitative estimate of drug-likeness (QED) is 0.285. The summed E-state index contributed by atoms with van der Waals surface area (Å²) in [5.41, 5.74) is 3.70. The highest BCUT2D eigenvalue weighted by Gasteiger charge is 2.22. The number of imidazole rings is 2. The van der Waals surface area contributed by atoms with Crippen LogP contribution in [0.4, 0.5) is 11.6 Å². The Morgan fingerprint density at radius 2 is 1.86 bits per heavy atom. The van der Waals surface area contributed by atoms with E-state index in [0.717, 1.165) is 11.1 Å². The van der Waals surface area contributed by atoms with E-state index in [9.17, 15) is 14.4 Å². The number of aromatic amines is 2. The lowest BCUT2D eigenvalue weighted by atomic mass is 10.1. The largest absolute Gasteiger partial charge is 0.482 e. The molecule has 4 rings (SSSR count). The highest BCUT2D eigenvalue weighted by molar-refractivity contribution is 6.13. The highest BCUT2D eigenvalue weighted by Crippen LogP contribution is 2.22. The van der Waals surface area contributed by atoms with Gasteiger partial charge in [0.25, 0.3) is 11.8 Å². The summed E-state index contributed by atoms with van der Waals surface area (Å²) in [7, 11) is 0. The van der Waals surface area contributed by atoms with E-state index in [1.54, 1.807) is 31.2 Å². The molecule has 0 unspecified atom stereocenters. The molecule has 4 aromatic rings. The number of carbonyl (C=O) groups excluding carboxylic acids is 3. The minimum atomic E-state index is -0.592. The standard InChI is InChI=1S/C24H24N6O5/c1-4-34-19(31)11-35-15-6-8-17-18(10-15)29-24(28-17)30-23(33)21-20(25-12-26-21)22(32)27-16-7-5-13(2)9-14(16)3/h5-10,12H,4,11H2,1-3H3,(H,25,26)(H,27,32)(H2,28,29,30,33). The van der Waals surface area contributed by atoms with E-state index in [1.807, 2.05) is 26.0 Å².